The molecule has 0 radical (unpaired) electrons. The molecule has 0 spiro atoms. The molecule has 2 unspecified atom stereocenters. The van der Waals surface area contributed by atoms with Crippen LogP contribution >= 0.6 is 0 Å². The molecule has 18 heavy (non-hydrogen) atoms. The first-order valence-electron chi connectivity index (χ1n) is 6.59. The maximum Gasteiger partial charge on any atom is 0.231 e. The molecule has 2 aliphatic rings. The van der Waals surface area contributed by atoms with Gasteiger partial charge in [0.15, 0.2) is 11.5 Å². The van der Waals surface area contributed by atoms with Crippen LogP contribution in [0.15, 0.2) is 18.2 Å². The van der Waals surface area contributed by atoms with Gasteiger partial charge in [-0.05, 0) is 49.5 Å². The summed E-state index contributed by atoms with van der Waals surface area (Å²) < 4.78 is 10.7. The van der Waals surface area contributed by atoms with Crippen LogP contribution in [0.2, 0.25) is 0 Å². The summed E-state index contributed by atoms with van der Waals surface area (Å²) >= 11 is 0. The Hall–Kier alpha value is -1.26. The summed E-state index contributed by atoms with van der Waals surface area (Å²) in [6.07, 6.45) is 2.36. The minimum Gasteiger partial charge on any atom is -0.454 e. The molecule has 0 aliphatic carbocycles. The molecule has 98 valence electrons. The van der Waals surface area contributed by atoms with Crippen LogP contribution in [0.1, 0.15) is 24.3 Å². The molecular weight excluding hydrogens is 230 g/mol. The Morgan fingerprint density at radius 1 is 1.33 bits per heavy atom. The van der Waals surface area contributed by atoms with Crippen LogP contribution in [0, 0.1) is 5.92 Å². The summed E-state index contributed by atoms with van der Waals surface area (Å²) in [7, 11) is 0. The lowest BCUT2D eigenvalue weighted by Crippen LogP contribution is -2.34. The monoisotopic (exact) mass is 249 g/mol. The van der Waals surface area contributed by atoms with Crippen LogP contribution in [-0.4, -0.2) is 31.6 Å². The van der Waals surface area contributed by atoms with Crippen molar-refractivity contribution in [2.75, 3.05) is 26.5 Å². The van der Waals surface area contributed by atoms with E-state index in [1.54, 1.807) is 0 Å². The predicted molar refractivity (Wildman–Crippen MR) is 68.0 cm³/mol. The third-order valence-corrected chi connectivity index (χ3v) is 3.93. The van der Waals surface area contributed by atoms with E-state index in [1.165, 1.54) is 12.8 Å². The Bertz CT molecular complexity index is 416. The van der Waals surface area contributed by atoms with Crippen molar-refractivity contribution in [2.45, 2.75) is 18.8 Å². The summed E-state index contributed by atoms with van der Waals surface area (Å²) in [5.41, 5.74) is 1.15. The van der Waals surface area contributed by atoms with Crippen molar-refractivity contribution in [1.29, 1.82) is 0 Å². The van der Waals surface area contributed by atoms with Crippen molar-refractivity contribution in [3.05, 3.63) is 23.8 Å². The van der Waals surface area contributed by atoms with Gasteiger partial charge < -0.3 is 19.9 Å². The highest BCUT2D eigenvalue weighted by atomic mass is 16.7. The first-order chi connectivity index (χ1) is 8.88. The normalized spacial score (nSPS) is 23.9. The van der Waals surface area contributed by atoms with Crippen LogP contribution in [0.5, 0.6) is 11.5 Å². The molecule has 2 N–H and O–H groups in total. The number of benzene rings is 1. The maximum atomic E-state index is 9.68. The lowest BCUT2D eigenvalue weighted by atomic mass is 9.82. The molecule has 1 fully saturated rings. The second-order valence-electron chi connectivity index (χ2n) is 5.01. The van der Waals surface area contributed by atoms with Gasteiger partial charge in [0, 0.05) is 5.92 Å². The van der Waals surface area contributed by atoms with Crippen molar-refractivity contribution < 1.29 is 14.6 Å². The molecule has 0 bridgehead atoms. The largest absolute Gasteiger partial charge is 0.454 e. The number of hydrogen-bond acceptors (Lipinski definition) is 4. The lowest BCUT2D eigenvalue weighted by Gasteiger charge is -2.30. The smallest absolute Gasteiger partial charge is 0.231 e. The van der Waals surface area contributed by atoms with Gasteiger partial charge in [0.1, 0.15) is 0 Å². The number of rotatable bonds is 3. The topological polar surface area (TPSA) is 50.7 Å². The van der Waals surface area contributed by atoms with Crippen molar-refractivity contribution in [1.82, 2.24) is 5.32 Å². The van der Waals surface area contributed by atoms with Gasteiger partial charge in [-0.1, -0.05) is 6.07 Å². The number of piperidine rings is 1. The standard InChI is InChI=1S/C14H19NO3/c16-8-12(11-2-1-5-15-7-11)10-3-4-13-14(6-10)18-9-17-13/h3-4,6,11-12,15-16H,1-2,5,7-9H2. The highest BCUT2D eigenvalue weighted by molar-refractivity contribution is 5.45. The fourth-order valence-electron chi connectivity index (χ4n) is 2.89. The Labute approximate surface area is 107 Å². The van der Waals surface area contributed by atoms with E-state index in [9.17, 15) is 5.11 Å². The first kappa shape index (κ1) is 11.8. The number of aliphatic hydroxyl groups is 1. The maximum absolute atomic E-state index is 9.68. The zero-order valence-corrected chi connectivity index (χ0v) is 10.4. The summed E-state index contributed by atoms with van der Waals surface area (Å²) in [5, 5.41) is 13.1. The van der Waals surface area contributed by atoms with Gasteiger partial charge in [-0.25, -0.2) is 0 Å². The molecule has 0 saturated carbocycles. The van der Waals surface area contributed by atoms with Gasteiger partial charge >= 0.3 is 0 Å². The quantitative estimate of drug-likeness (QED) is 0.852. The molecule has 2 atom stereocenters. The molecule has 1 saturated heterocycles. The van der Waals surface area contributed by atoms with E-state index in [2.05, 4.69) is 5.32 Å². The summed E-state index contributed by atoms with van der Waals surface area (Å²) in [6, 6.07) is 6.00. The van der Waals surface area contributed by atoms with Gasteiger partial charge in [-0.15, -0.1) is 0 Å². The molecule has 2 aliphatic heterocycles. The van der Waals surface area contributed by atoms with Crippen LogP contribution < -0.4 is 14.8 Å². The molecule has 4 heteroatoms. The lowest BCUT2D eigenvalue weighted by molar-refractivity contribution is 0.173. The average Bonchev–Trinajstić information content (AvgIpc) is 2.88. The van der Waals surface area contributed by atoms with Crippen LogP contribution in [-0.2, 0) is 0 Å². The minimum absolute atomic E-state index is 0.186. The number of fused-ring (bicyclic) bond motifs is 1. The molecule has 2 heterocycles. The van der Waals surface area contributed by atoms with E-state index < -0.39 is 0 Å². The van der Waals surface area contributed by atoms with Gasteiger partial charge in [0.05, 0.1) is 6.61 Å². The molecule has 1 aromatic carbocycles. The van der Waals surface area contributed by atoms with Gasteiger partial charge in [-0.2, -0.15) is 0 Å². The number of aliphatic hydroxyl groups excluding tert-OH is 1. The van der Waals surface area contributed by atoms with Crippen molar-refractivity contribution in [2.24, 2.45) is 5.92 Å². The van der Waals surface area contributed by atoms with Crippen molar-refractivity contribution >= 4 is 0 Å². The number of hydrogen-bond donors (Lipinski definition) is 2. The van der Waals surface area contributed by atoms with E-state index >= 15 is 0 Å². The second-order valence-corrected chi connectivity index (χ2v) is 5.01. The Morgan fingerprint density at radius 2 is 2.22 bits per heavy atom. The van der Waals surface area contributed by atoms with Crippen LogP contribution in [0.3, 0.4) is 0 Å². The van der Waals surface area contributed by atoms with E-state index in [1.807, 2.05) is 18.2 Å². The Kier molecular flexibility index (Phi) is 3.39. The van der Waals surface area contributed by atoms with E-state index in [0.717, 1.165) is 30.2 Å². The van der Waals surface area contributed by atoms with E-state index in [0.29, 0.717) is 12.7 Å². The highest BCUT2D eigenvalue weighted by Crippen LogP contribution is 2.37. The van der Waals surface area contributed by atoms with Crippen molar-refractivity contribution in [3.63, 3.8) is 0 Å². The molecule has 3 rings (SSSR count). The zero-order valence-electron chi connectivity index (χ0n) is 10.4. The van der Waals surface area contributed by atoms with Gasteiger partial charge in [0.2, 0.25) is 6.79 Å². The number of ether oxygens (including phenoxy) is 2. The number of nitrogens with one attached hydrogen (secondary N) is 1. The Morgan fingerprint density at radius 3 is 3.00 bits per heavy atom. The third-order valence-electron chi connectivity index (χ3n) is 3.93. The predicted octanol–water partition coefficient (Wildman–Crippen LogP) is 1.49. The molecule has 0 aromatic heterocycles. The fourth-order valence-corrected chi connectivity index (χ4v) is 2.89. The van der Waals surface area contributed by atoms with Crippen LogP contribution in [0.4, 0.5) is 0 Å². The average molecular weight is 249 g/mol. The fraction of sp³-hybridized carbons (Fsp3) is 0.571. The highest BCUT2D eigenvalue weighted by Gasteiger charge is 2.26. The second kappa shape index (κ2) is 5.16. The first-order valence-corrected chi connectivity index (χ1v) is 6.59. The Balaban J connectivity index is 1.82. The molecule has 1 aromatic rings. The summed E-state index contributed by atoms with van der Waals surface area (Å²) in [5.74, 6) is 2.29. The van der Waals surface area contributed by atoms with Crippen LogP contribution in [0.25, 0.3) is 0 Å². The molecule has 0 amide bonds. The minimum atomic E-state index is 0.186. The molecular formula is C14H19NO3. The zero-order chi connectivity index (χ0) is 12.4. The van der Waals surface area contributed by atoms with Crippen molar-refractivity contribution in [3.8, 4) is 11.5 Å². The summed E-state index contributed by atoms with van der Waals surface area (Å²) in [6.45, 7) is 2.56. The SMILES string of the molecule is OCC(c1ccc2c(c1)OCO2)C1CCCNC1. The molecule has 4 nitrogen and oxygen atoms in total. The van der Waals surface area contributed by atoms with E-state index in [-0.39, 0.29) is 12.5 Å². The van der Waals surface area contributed by atoms with Gasteiger partial charge in [0.25, 0.3) is 0 Å². The van der Waals surface area contributed by atoms with Gasteiger partial charge in [-0.3, -0.25) is 0 Å². The van der Waals surface area contributed by atoms with E-state index in [4.69, 9.17) is 9.47 Å². The third kappa shape index (κ3) is 2.18. The summed E-state index contributed by atoms with van der Waals surface area (Å²) in [4.78, 5) is 0.